The van der Waals surface area contributed by atoms with E-state index in [1.54, 1.807) is 12.1 Å². The van der Waals surface area contributed by atoms with Gasteiger partial charge in [0, 0.05) is 12.6 Å². The normalized spacial score (nSPS) is 13.3. The van der Waals surface area contributed by atoms with Crippen molar-refractivity contribution >= 4 is 20.8 Å². The minimum absolute atomic E-state index is 0.149. The van der Waals surface area contributed by atoms with Crippen molar-refractivity contribution in [1.29, 1.82) is 0 Å². The van der Waals surface area contributed by atoms with E-state index in [1.807, 2.05) is 25.2 Å². The lowest BCUT2D eigenvalue weighted by atomic mass is 9.98. The number of nitrogens with zero attached hydrogens (tertiary/aromatic N) is 1. The average Bonchev–Trinajstić information content (AvgIpc) is 2.60. The Bertz CT molecular complexity index is 994. The summed E-state index contributed by atoms with van der Waals surface area (Å²) in [6.07, 6.45) is 0. The Labute approximate surface area is 148 Å². The standard InChI is InChI=1S/C20H22N2O2S/c1-15(19-12-6-9-17-8-3-4-11-20(17)19)22(2)14-16-7-5-10-18(13-16)25(21,23)24/h3-13,15H,14H2,1-2H3,(H2,21,23,24)/t15-/m1/s1. The van der Waals surface area contributed by atoms with Gasteiger partial charge in [-0.15, -0.1) is 0 Å². The van der Waals surface area contributed by atoms with E-state index in [2.05, 4.69) is 42.2 Å². The summed E-state index contributed by atoms with van der Waals surface area (Å²) in [6.45, 7) is 2.79. The first-order valence-electron chi connectivity index (χ1n) is 8.16. The Hall–Kier alpha value is -2.21. The van der Waals surface area contributed by atoms with Crippen molar-refractivity contribution in [2.75, 3.05) is 7.05 Å². The van der Waals surface area contributed by atoms with Crippen LogP contribution in [0, 0.1) is 0 Å². The van der Waals surface area contributed by atoms with Gasteiger partial charge >= 0.3 is 0 Å². The van der Waals surface area contributed by atoms with Gasteiger partial charge in [0.2, 0.25) is 10.0 Å². The maximum atomic E-state index is 11.5. The third-order valence-corrected chi connectivity index (χ3v) is 5.50. The zero-order valence-corrected chi connectivity index (χ0v) is 15.2. The van der Waals surface area contributed by atoms with Crippen molar-refractivity contribution in [3.63, 3.8) is 0 Å². The first-order valence-corrected chi connectivity index (χ1v) is 9.70. The van der Waals surface area contributed by atoms with Crippen molar-refractivity contribution in [2.45, 2.75) is 24.4 Å². The quantitative estimate of drug-likeness (QED) is 0.760. The van der Waals surface area contributed by atoms with Gasteiger partial charge in [0.15, 0.2) is 0 Å². The second-order valence-corrected chi connectivity index (χ2v) is 7.91. The number of sulfonamides is 1. The molecule has 0 fully saturated rings. The maximum Gasteiger partial charge on any atom is 0.238 e. The fraction of sp³-hybridized carbons (Fsp3) is 0.200. The second-order valence-electron chi connectivity index (χ2n) is 6.35. The van der Waals surface area contributed by atoms with Crippen LogP contribution in [0.15, 0.2) is 71.6 Å². The predicted molar refractivity (Wildman–Crippen MR) is 102 cm³/mol. The molecule has 0 spiro atoms. The highest BCUT2D eigenvalue weighted by molar-refractivity contribution is 7.89. The summed E-state index contributed by atoms with van der Waals surface area (Å²) in [6, 6.07) is 21.7. The molecule has 3 rings (SSSR count). The Morgan fingerprint density at radius 2 is 1.68 bits per heavy atom. The van der Waals surface area contributed by atoms with E-state index in [9.17, 15) is 8.42 Å². The molecule has 5 heteroatoms. The molecule has 0 aliphatic heterocycles. The predicted octanol–water partition coefficient (Wildman–Crippen LogP) is 3.68. The number of benzene rings is 3. The minimum atomic E-state index is -3.68. The smallest absolute Gasteiger partial charge is 0.238 e. The van der Waals surface area contributed by atoms with E-state index in [4.69, 9.17) is 5.14 Å². The van der Waals surface area contributed by atoms with E-state index in [-0.39, 0.29) is 10.9 Å². The van der Waals surface area contributed by atoms with Gasteiger partial charge in [0.05, 0.1) is 4.90 Å². The number of hydrogen-bond donors (Lipinski definition) is 1. The van der Waals surface area contributed by atoms with Crippen LogP contribution in [0.25, 0.3) is 10.8 Å². The molecule has 0 bridgehead atoms. The van der Waals surface area contributed by atoms with Crippen LogP contribution < -0.4 is 5.14 Å². The molecular weight excluding hydrogens is 332 g/mol. The van der Waals surface area contributed by atoms with E-state index in [0.29, 0.717) is 6.54 Å². The van der Waals surface area contributed by atoms with Crippen LogP contribution in [-0.4, -0.2) is 20.4 Å². The maximum absolute atomic E-state index is 11.5. The van der Waals surface area contributed by atoms with Gasteiger partial charge in [-0.25, -0.2) is 13.6 Å². The number of fused-ring (bicyclic) bond motifs is 1. The van der Waals surface area contributed by atoms with Gasteiger partial charge in [0.25, 0.3) is 0 Å². The molecule has 0 saturated carbocycles. The van der Waals surface area contributed by atoms with Crippen LogP contribution >= 0.6 is 0 Å². The lowest BCUT2D eigenvalue weighted by Crippen LogP contribution is -2.22. The fourth-order valence-corrected chi connectivity index (χ4v) is 3.68. The fourth-order valence-electron chi connectivity index (χ4n) is 3.10. The lowest BCUT2D eigenvalue weighted by molar-refractivity contribution is 0.254. The minimum Gasteiger partial charge on any atom is -0.295 e. The molecule has 0 aliphatic rings. The SMILES string of the molecule is C[C@H](c1cccc2ccccc12)N(C)Cc1cccc(S(N)(=O)=O)c1. The van der Waals surface area contributed by atoms with Crippen LogP contribution in [0.1, 0.15) is 24.1 Å². The highest BCUT2D eigenvalue weighted by atomic mass is 32.2. The number of primary sulfonamides is 1. The van der Waals surface area contributed by atoms with Crippen molar-refractivity contribution in [1.82, 2.24) is 4.90 Å². The summed E-state index contributed by atoms with van der Waals surface area (Å²) < 4.78 is 23.1. The molecule has 0 aromatic heterocycles. The van der Waals surface area contributed by atoms with Crippen LogP contribution in [0.4, 0.5) is 0 Å². The summed E-state index contributed by atoms with van der Waals surface area (Å²) in [5.74, 6) is 0. The van der Waals surface area contributed by atoms with Crippen LogP contribution in [0.5, 0.6) is 0 Å². The molecule has 0 aliphatic carbocycles. The van der Waals surface area contributed by atoms with E-state index < -0.39 is 10.0 Å². The third kappa shape index (κ3) is 3.90. The van der Waals surface area contributed by atoms with Crippen LogP contribution in [0.3, 0.4) is 0 Å². The van der Waals surface area contributed by atoms with Gasteiger partial charge in [-0.3, -0.25) is 4.90 Å². The van der Waals surface area contributed by atoms with Crippen molar-refractivity contribution in [3.05, 3.63) is 77.9 Å². The molecule has 0 amide bonds. The monoisotopic (exact) mass is 354 g/mol. The molecule has 4 nitrogen and oxygen atoms in total. The van der Waals surface area contributed by atoms with E-state index in [0.717, 1.165) is 5.56 Å². The number of hydrogen-bond acceptors (Lipinski definition) is 3. The molecular formula is C20H22N2O2S. The molecule has 0 saturated heterocycles. The van der Waals surface area contributed by atoms with Crippen molar-refractivity contribution in [2.24, 2.45) is 5.14 Å². The summed E-state index contributed by atoms with van der Waals surface area (Å²) in [5.41, 5.74) is 2.17. The highest BCUT2D eigenvalue weighted by Gasteiger charge is 2.15. The second kappa shape index (κ2) is 6.96. The number of rotatable bonds is 5. The first-order chi connectivity index (χ1) is 11.9. The van der Waals surface area contributed by atoms with E-state index >= 15 is 0 Å². The summed E-state index contributed by atoms with van der Waals surface area (Å²) in [7, 11) is -1.64. The largest absolute Gasteiger partial charge is 0.295 e. The zero-order chi connectivity index (χ0) is 18.0. The van der Waals surface area contributed by atoms with Gasteiger partial charge in [-0.1, -0.05) is 54.6 Å². The molecule has 2 N–H and O–H groups in total. The van der Waals surface area contributed by atoms with Crippen LogP contribution in [-0.2, 0) is 16.6 Å². The molecule has 0 unspecified atom stereocenters. The third-order valence-electron chi connectivity index (χ3n) is 4.59. The molecule has 3 aromatic carbocycles. The molecule has 3 aromatic rings. The van der Waals surface area contributed by atoms with Crippen LogP contribution in [0.2, 0.25) is 0 Å². The Morgan fingerprint density at radius 3 is 2.44 bits per heavy atom. The topological polar surface area (TPSA) is 63.4 Å². The van der Waals surface area contributed by atoms with Gasteiger partial charge in [-0.05, 0) is 48.0 Å². The Balaban J connectivity index is 1.87. The van der Waals surface area contributed by atoms with Gasteiger partial charge < -0.3 is 0 Å². The van der Waals surface area contributed by atoms with Crippen molar-refractivity contribution < 1.29 is 8.42 Å². The van der Waals surface area contributed by atoms with Crippen molar-refractivity contribution in [3.8, 4) is 0 Å². The summed E-state index contributed by atoms with van der Waals surface area (Å²) >= 11 is 0. The van der Waals surface area contributed by atoms with Gasteiger partial charge in [-0.2, -0.15) is 0 Å². The Morgan fingerprint density at radius 1 is 1.00 bits per heavy atom. The molecule has 130 valence electrons. The Kier molecular flexibility index (Phi) is 4.90. The van der Waals surface area contributed by atoms with Gasteiger partial charge in [0.1, 0.15) is 0 Å². The molecule has 0 radical (unpaired) electrons. The zero-order valence-electron chi connectivity index (χ0n) is 14.4. The highest BCUT2D eigenvalue weighted by Crippen LogP contribution is 2.28. The first kappa shape index (κ1) is 17.6. The van der Waals surface area contributed by atoms with E-state index in [1.165, 1.54) is 22.4 Å². The number of nitrogens with two attached hydrogens (primary N) is 1. The summed E-state index contributed by atoms with van der Waals surface area (Å²) in [5, 5.41) is 7.69. The molecule has 25 heavy (non-hydrogen) atoms. The average molecular weight is 354 g/mol. The molecule has 1 atom stereocenters. The molecule has 0 heterocycles. The lowest BCUT2D eigenvalue weighted by Gasteiger charge is -2.26. The summed E-state index contributed by atoms with van der Waals surface area (Å²) in [4.78, 5) is 2.35.